The summed E-state index contributed by atoms with van der Waals surface area (Å²) in [6.07, 6.45) is 0. The molecule has 0 aromatic heterocycles. The molecule has 4 aromatic carbocycles. The van der Waals surface area contributed by atoms with E-state index in [1.165, 1.54) is 12.1 Å². The maximum absolute atomic E-state index is 9.95. The highest BCUT2D eigenvalue weighted by Crippen LogP contribution is 2.44. The third kappa shape index (κ3) is 4.50. The average Bonchev–Trinajstić information content (AvgIpc) is 2.79. The number of hydrogen-bond donors (Lipinski definition) is 4. The maximum Gasteiger partial charge on any atom is 0.142 e. The first kappa shape index (κ1) is 21.9. The average molecular weight is 443 g/mol. The van der Waals surface area contributed by atoms with Gasteiger partial charge in [0.15, 0.2) is 0 Å². The van der Waals surface area contributed by atoms with Crippen LogP contribution in [0.1, 0.15) is 25.0 Å². The molecule has 0 atom stereocenters. The molecule has 168 valence electrons. The maximum atomic E-state index is 9.95. The molecule has 0 saturated carbocycles. The van der Waals surface area contributed by atoms with Gasteiger partial charge in [-0.15, -0.1) is 0 Å². The SMILES string of the molecule is CC(C)(c1ccccc1Oc1ccc(N)c(O)c1)c1ccccc1Oc1ccc(N)c(O)c1. The van der Waals surface area contributed by atoms with E-state index in [9.17, 15) is 10.2 Å². The molecule has 33 heavy (non-hydrogen) atoms. The van der Waals surface area contributed by atoms with Crippen molar-refractivity contribution in [2.75, 3.05) is 11.5 Å². The molecular weight excluding hydrogens is 416 g/mol. The third-order valence-corrected chi connectivity index (χ3v) is 5.58. The summed E-state index contributed by atoms with van der Waals surface area (Å²) >= 11 is 0. The number of benzene rings is 4. The normalized spacial score (nSPS) is 11.2. The Labute approximate surface area is 192 Å². The molecule has 0 saturated heterocycles. The highest BCUT2D eigenvalue weighted by Gasteiger charge is 2.30. The molecule has 4 rings (SSSR count). The zero-order valence-electron chi connectivity index (χ0n) is 18.4. The van der Waals surface area contributed by atoms with Crippen molar-refractivity contribution in [3.05, 3.63) is 96.1 Å². The Morgan fingerprint density at radius 2 is 1.00 bits per heavy atom. The molecular formula is C27H26N2O4. The molecule has 0 spiro atoms. The zero-order valence-corrected chi connectivity index (χ0v) is 18.4. The second kappa shape index (κ2) is 8.67. The number of aromatic hydroxyl groups is 2. The van der Waals surface area contributed by atoms with Gasteiger partial charge in [-0.25, -0.2) is 0 Å². The lowest BCUT2D eigenvalue weighted by molar-refractivity contribution is 0.436. The van der Waals surface area contributed by atoms with Gasteiger partial charge in [-0.2, -0.15) is 0 Å². The van der Waals surface area contributed by atoms with Crippen molar-refractivity contribution >= 4 is 11.4 Å². The van der Waals surface area contributed by atoms with Crippen LogP contribution in [0.3, 0.4) is 0 Å². The Morgan fingerprint density at radius 3 is 1.39 bits per heavy atom. The molecule has 6 nitrogen and oxygen atoms in total. The Kier molecular flexibility index (Phi) is 5.75. The number of nitrogen functional groups attached to an aromatic ring is 2. The number of phenolic OH excluding ortho intramolecular Hbond substituents is 2. The Balaban J connectivity index is 1.72. The number of nitrogens with two attached hydrogens (primary N) is 2. The van der Waals surface area contributed by atoms with E-state index in [0.29, 0.717) is 23.0 Å². The minimum atomic E-state index is -0.515. The first-order valence-corrected chi connectivity index (χ1v) is 10.5. The van der Waals surface area contributed by atoms with E-state index in [1.807, 2.05) is 48.5 Å². The second-order valence-electron chi connectivity index (χ2n) is 8.26. The van der Waals surface area contributed by atoms with Gasteiger partial charge in [0.25, 0.3) is 0 Å². The van der Waals surface area contributed by atoms with Crippen LogP contribution in [0, 0.1) is 0 Å². The van der Waals surface area contributed by atoms with Crippen molar-refractivity contribution < 1.29 is 19.7 Å². The second-order valence-corrected chi connectivity index (χ2v) is 8.26. The molecule has 0 aliphatic carbocycles. The van der Waals surface area contributed by atoms with Crippen LogP contribution in [-0.4, -0.2) is 10.2 Å². The lowest BCUT2D eigenvalue weighted by Crippen LogP contribution is -2.20. The van der Waals surface area contributed by atoms with Crippen LogP contribution in [-0.2, 0) is 5.41 Å². The van der Waals surface area contributed by atoms with Crippen LogP contribution in [0.2, 0.25) is 0 Å². The monoisotopic (exact) mass is 442 g/mol. The molecule has 0 unspecified atom stereocenters. The van der Waals surface area contributed by atoms with Gasteiger partial charge in [0.05, 0.1) is 11.4 Å². The predicted octanol–water partition coefficient (Wildman–Crippen LogP) is 6.17. The number of hydrogen-bond acceptors (Lipinski definition) is 6. The highest BCUT2D eigenvalue weighted by atomic mass is 16.5. The quantitative estimate of drug-likeness (QED) is 0.210. The lowest BCUT2D eigenvalue weighted by atomic mass is 9.77. The van der Waals surface area contributed by atoms with Gasteiger partial charge in [-0.3, -0.25) is 0 Å². The van der Waals surface area contributed by atoms with E-state index in [4.69, 9.17) is 20.9 Å². The molecule has 0 bridgehead atoms. The number of phenols is 2. The molecule has 6 heteroatoms. The van der Waals surface area contributed by atoms with Gasteiger partial charge in [0.1, 0.15) is 34.5 Å². The highest BCUT2D eigenvalue weighted by molar-refractivity contribution is 5.58. The minimum absolute atomic E-state index is 0.0327. The number of para-hydroxylation sites is 2. The van der Waals surface area contributed by atoms with Crippen LogP contribution in [0.4, 0.5) is 11.4 Å². The van der Waals surface area contributed by atoms with Gasteiger partial charge in [0.2, 0.25) is 0 Å². The van der Waals surface area contributed by atoms with Gasteiger partial charge < -0.3 is 31.2 Å². The summed E-state index contributed by atoms with van der Waals surface area (Å²) in [6.45, 7) is 4.16. The van der Waals surface area contributed by atoms with E-state index >= 15 is 0 Å². The topological polar surface area (TPSA) is 111 Å². The smallest absolute Gasteiger partial charge is 0.142 e. The van der Waals surface area contributed by atoms with Crippen LogP contribution in [0.5, 0.6) is 34.5 Å². The van der Waals surface area contributed by atoms with Crippen molar-refractivity contribution in [3.63, 3.8) is 0 Å². The van der Waals surface area contributed by atoms with Crippen molar-refractivity contribution in [2.45, 2.75) is 19.3 Å². The minimum Gasteiger partial charge on any atom is -0.506 e. The summed E-state index contributed by atoms with van der Waals surface area (Å²) < 4.78 is 12.3. The van der Waals surface area contributed by atoms with Crippen LogP contribution in [0.25, 0.3) is 0 Å². The zero-order chi connectivity index (χ0) is 23.6. The van der Waals surface area contributed by atoms with E-state index in [-0.39, 0.29) is 22.9 Å². The first-order chi connectivity index (χ1) is 15.8. The lowest BCUT2D eigenvalue weighted by Gasteiger charge is -2.30. The van der Waals surface area contributed by atoms with Crippen molar-refractivity contribution in [3.8, 4) is 34.5 Å². The van der Waals surface area contributed by atoms with E-state index < -0.39 is 5.41 Å². The van der Waals surface area contributed by atoms with Gasteiger partial charge in [-0.1, -0.05) is 50.2 Å². The summed E-state index contributed by atoms with van der Waals surface area (Å²) in [5.74, 6) is 2.18. The summed E-state index contributed by atoms with van der Waals surface area (Å²) in [5.41, 5.74) is 13.3. The Bertz CT molecular complexity index is 1200. The molecule has 0 fully saturated rings. The molecule has 0 radical (unpaired) electrons. The summed E-state index contributed by atoms with van der Waals surface area (Å²) in [6, 6.07) is 25.1. The molecule has 6 N–H and O–H groups in total. The number of anilines is 2. The molecule has 4 aromatic rings. The number of ether oxygens (including phenoxy) is 2. The first-order valence-electron chi connectivity index (χ1n) is 10.5. The fourth-order valence-corrected chi connectivity index (χ4v) is 3.72. The summed E-state index contributed by atoms with van der Waals surface area (Å²) in [7, 11) is 0. The fourth-order valence-electron chi connectivity index (χ4n) is 3.72. The largest absolute Gasteiger partial charge is 0.506 e. The summed E-state index contributed by atoms with van der Waals surface area (Å²) in [4.78, 5) is 0. The van der Waals surface area contributed by atoms with E-state index in [1.54, 1.807) is 24.3 Å². The van der Waals surface area contributed by atoms with E-state index in [2.05, 4.69) is 13.8 Å². The summed E-state index contributed by atoms with van der Waals surface area (Å²) in [5, 5.41) is 19.9. The number of rotatable bonds is 6. The van der Waals surface area contributed by atoms with Crippen molar-refractivity contribution in [1.82, 2.24) is 0 Å². The van der Waals surface area contributed by atoms with Gasteiger partial charge in [-0.05, 0) is 36.4 Å². The van der Waals surface area contributed by atoms with Crippen LogP contribution < -0.4 is 20.9 Å². The van der Waals surface area contributed by atoms with E-state index in [0.717, 1.165) is 11.1 Å². The van der Waals surface area contributed by atoms with Crippen LogP contribution >= 0.6 is 0 Å². The van der Waals surface area contributed by atoms with Crippen molar-refractivity contribution in [1.29, 1.82) is 0 Å². The predicted molar refractivity (Wildman–Crippen MR) is 130 cm³/mol. The van der Waals surface area contributed by atoms with Gasteiger partial charge in [0, 0.05) is 28.7 Å². The fraction of sp³-hybridized carbons (Fsp3) is 0.111. The molecule has 0 amide bonds. The Morgan fingerprint density at radius 1 is 0.606 bits per heavy atom. The Hall–Kier alpha value is -4.32. The standard InChI is InChI=1S/C27H26N2O4/c1-27(2,19-7-3-5-9-25(19)32-17-11-13-21(28)23(30)15-17)20-8-4-6-10-26(20)33-18-12-14-22(29)24(31)16-18/h3-16,30-31H,28-29H2,1-2H3. The van der Waals surface area contributed by atoms with Crippen molar-refractivity contribution in [2.24, 2.45) is 0 Å². The molecule has 0 heterocycles. The molecule has 0 aliphatic rings. The van der Waals surface area contributed by atoms with Crippen LogP contribution in [0.15, 0.2) is 84.9 Å². The third-order valence-electron chi connectivity index (χ3n) is 5.58. The van der Waals surface area contributed by atoms with Gasteiger partial charge >= 0.3 is 0 Å². The molecule has 0 aliphatic heterocycles.